The third-order valence-corrected chi connectivity index (χ3v) is 2.49. The molecule has 2 heterocycles. The molecule has 0 amide bonds. The van der Waals surface area contributed by atoms with Crippen LogP contribution in [0, 0.1) is 0 Å². The highest BCUT2D eigenvalue weighted by Crippen LogP contribution is 2.08. The van der Waals surface area contributed by atoms with Crippen LogP contribution in [0.5, 0.6) is 0 Å². The van der Waals surface area contributed by atoms with Crippen molar-refractivity contribution in [3.63, 3.8) is 0 Å². The lowest BCUT2D eigenvalue weighted by Gasteiger charge is -2.16. The quantitative estimate of drug-likeness (QED) is 0.734. The molecule has 0 aliphatic heterocycles. The molecule has 0 fully saturated rings. The summed E-state index contributed by atoms with van der Waals surface area (Å²) in [6.45, 7) is 6.20. The Kier molecular flexibility index (Phi) is 2.60. The second kappa shape index (κ2) is 3.83. The van der Waals surface area contributed by atoms with Crippen LogP contribution in [0.2, 0.25) is 0 Å². The maximum absolute atomic E-state index is 12.1. The molecule has 92 valence electrons. The standard InChI is InChI=1S/C10H16N6O/c1-10(2,3)16-9(17)15(7-13-16)5-8-11-6-12-14(8)4/h6-7H,5H2,1-4H3. The molecule has 0 aliphatic carbocycles. The molecule has 2 aromatic rings. The van der Waals surface area contributed by atoms with E-state index in [9.17, 15) is 4.79 Å². The molecule has 7 nitrogen and oxygen atoms in total. The number of nitrogens with zero attached hydrogens (tertiary/aromatic N) is 6. The maximum Gasteiger partial charge on any atom is 0.346 e. The van der Waals surface area contributed by atoms with Gasteiger partial charge in [0.25, 0.3) is 0 Å². The zero-order valence-electron chi connectivity index (χ0n) is 10.5. The van der Waals surface area contributed by atoms with Crippen molar-refractivity contribution >= 4 is 0 Å². The van der Waals surface area contributed by atoms with Gasteiger partial charge >= 0.3 is 5.69 Å². The molecule has 0 unspecified atom stereocenters. The molecule has 2 aromatic heterocycles. The van der Waals surface area contributed by atoms with Crippen molar-refractivity contribution in [2.24, 2.45) is 7.05 Å². The monoisotopic (exact) mass is 236 g/mol. The van der Waals surface area contributed by atoms with Gasteiger partial charge < -0.3 is 0 Å². The number of hydrogen-bond donors (Lipinski definition) is 0. The second-order valence-electron chi connectivity index (χ2n) is 4.92. The summed E-state index contributed by atoms with van der Waals surface area (Å²) in [6.07, 6.45) is 3.00. The molecule has 0 N–H and O–H groups in total. The Morgan fingerprint density at radius 1 is 1.29 bits per heavy atom. The van der Waals surface area contributed by atoms with Crippen molar-refractivity contribution in [1.29, 1.82) is 0 Å². The third kappa shape index (κ3) is 2.13. The number of aromatic nitrogens is 6. The summed E-state index contributed by atoms with van der Waals surface area (Å²) in [5.74, 6) is 0.723. The Labute approximate surface area is 98.7 Å². The molecule has 17 heavy (non-hydrogen) atoms. The van der Waals surface area contributed by atoms with Crippen LogP contribution in [0.1, 0.15) is 26.6 Å². The van der Waals surface area contributed by atoms with Crippen LogP contribution >= 0.6 is 0 Å². The van der Waals surface area contributed by atoms with E-state index in [0.29, 0.717) is 6.54 Å². The zero-order chi connectivity index (χ0) is 12.6. The van der Waals surface area contributed by atoms with Crippen LogP contribution in [0.4, 0.5) is 0 Å². The molecule has 0 saturated carbocycles. The van der Waals surface area contributed by atoms with E-state index in [1.54, 1.807) is 11.7 Å². The number of rotatable bonds is 2. The topological polar surface area (TPSA) is 70.5 Å². The molecular formula is C10H16N6O. The minimum absolute atomic E-state index is 0.138. The second-order valence-corrected chi connectivity index (χ2v) is 4.92. The molecule has 0 bridgehead atoms. The molecule has 0 atom stereocenters. The Bertz CT molecular complexity index is 570. The van der Waals surface area contributed by atoms with Crippen LogP contribution in [-0.4, -0.2) is 29.1 Å². The van der Waals surface area contributed by atoms with Crippen molar-refractivity contribution in [2.75, 3.05) is 0 Å². The van der Waals surface area contributed by atoms with Crippen LogP contribution in [0.25, 0.3) is 0 Å². The molecule has 0 saturated heterocycles. The minimum atomic E-state index is -0.317. The fourth-order valence-electron chi connectivity index (χ4n) is 1.52. The summed E-state index contributed by atoms with van der Waals surface area (Å²) in [6, 6.07) is 0. The Hall–Kier alpha value is -1.92. The Balaban J connectivity index is 2.34. The first-order valence-corrected chi connectivity index (χ1v) is 5.37. The first-order chi connectivity index (χ1) is 7.89. The zero-order valence-corrected chi connectivity index (χ0v) is 10.5. The van der Waals surface area contributed by atoms with Gasteiger partial charge in [0.2, 0.25) is 0 Å². The maximum atomic E-state index is 12.1. The highest BCUT2D eigenvalue weighted by molar-refractivity contribution is 4.87. The Morgan fingerprint density at radius 2 is 2.00 bits per heavy atom. The van der Waals surface area contributed by atoms with Crippen molar-refractivity contribution in [3.05, 3.63) is 29.0 Å². The smallest absolute Gasteiger partial charge is 0.274 e. The molecule has 0 spiro atoms. The lowest BCUT2D eigenvalue weighted by Crippen LogP contribution is -2.36. The molecule has 7 heteroatoms. The summed E-state index contributed by atoms with van der Waals surface area (Å²) >= 11 is 0. The number of hydrogen-bond acceptors (Lipinski definition) is 4. The molecule has 2 rings (SSSR count). The summed E-state index contributed by atoms with van der Waals surface area (Å²) < 4.78 is 4.62. The van der Waals surface area contributed by atoms with Gasteiger partial charge in [-0.3, -0.25) is 9.25 Å². The van der Waals surface area contributed by atoms with Gasteiger partial charge in [-0.05, 0) is 20.8 Å². The summed E-state index contributed by atoms with van der Waals surface area (Å²) in [5.41, 5.74) is -0.456. The predicted molar refractivity (Wildman–Crippen MR) is 61.6 cm³/mol. The minimum Gasteiger partial charge on any atom is -0.274 e. The summed E-state index contributed by atoms with van der Waals surface area (Å²) in [4.78, 5) is 16.1. The first kappa shape index (κ1) is 11.6. The van der Waals surface area contributed by atoms with Gasteiger partial charge in [0.1, 0.15) is 18.5 Å². The number of aryl methyl sites for hydroxylation is 1. The van der Waals surface area contributed by atoms with E-state index in [0.717, 1.165) is 5.82 Å². The van der Waals surface area contributed by atoms with Crippen molar-refractivity contribution in [3.8, 4) is 0 Å². The molecule has 0 aromatic carbocycles. The van der Waals surface area contributed by atoms with Gasteiger partial charge in [0, 0.05) is 7.05 Å². The average Bonchev–Trinajstić information content (AvgIpc) is 2.75. The third-order valence-electron chi connectivity index (χ3n) is 2.49. The van der Waals surface area contributed by atoms with Gasteiger partial charge in [-0.25, -0.2) is 14.5 Å². The normalized spacial score (nSPS) is 12.0. The molecule has 0 aliphatic rings. The average molecular weight is 236 g/mol. The van der Waals surface area contributed by atoms with Crippen molar-refractivity contribution < 1.29 is 0 Å². The fourth-order valence-corrected chi connectivity index (χ4v) is 1.52. The Morgan fingerprint density at radius 3 is 2.47 bits per heavy atom. The van der Waals surface area contributed by atoms with Crippen molar-refractivity contribution in [2.45, 2.75) is 32.9 Å². The van der Waals surface area contributed by atoms with Crippen LogP contribution in [0.15, 0.2) is 17.4 Å². The van der Waals surface area contributed by atoms with E-state index in [-0.39, 0.29) is 11.2 Å². The van der Waals surface area contributed by atoms with E-state index < -0.39 is 0 Å². The van der Waals surface area contributed by atoms with Gasteiger partial charge in [0.05, 0.1) is 12.1 Å². The summed E-state index contributed by atoms with van der Waals surface area (Å²) in [7, 11) is 1.79. The van der Waals surface area contributed by atoms with E-state index >= 15 is 0 Å². The largest absolute Gasteiger partial charge is 0.346 e. The SMILES string of the molecule is Cn1ncnc1Cn1cnn(C(C)(C)C)c1=O. The fraction of sp³-hybridized carbons (Fsp3) is 0.600. The first-order valence-electron chi connectivity index (χ1n) is 5.37. The molecule has 0 radical (unpaired) electrons. The van der Waals surface area contributed by atoms with E-state index in [1.807, 2.05) is 20.8 Å². The predicted octanol–water partition coefficient (Wildman–Crippen LogP) is -0.0234. The van der Waals surface area contributed by atoms with Gasteiger partial charge in [-0.1, -0.05) is 0 Å². The molecular weight excluding hydrogens is 220 g/mol. The van der Waals surface area contributed by atoms with Crippen LogP contribution < -0.4 is 5.69 Å². The highest BCUT2D eigenvalue weighted by atomic mass is 16.2. The van der Waals surface area contributed by atoms with E-state index in [2.05, 4.69) is 15.2 Å². The van der Waals surface area contributed by atoms with E-state index in [1.165, 1.54) is 21.9 Å². The lowest BCUT2D eigenvalue weighted by molar-refractivity contribution is 0.340. The van der Waals surface area contributed by atoms with Crippen LogP contribution in [-0.2, 0) is 19.1 Å². The van der Waals surface area contributed by atoms with Gasteiger partial charge in [-0.2, -0.15) is 10.2 Å². The lowest BCUT2D eigenvalue weighted by atomic mass is 10.1. The van der Waals surface area contributed by atoms with Gasteiger partial charge in [-0.15, -0.1) is 0 Å². The van der Waals surface area contributed by atoms with E-state index in [4.69, 9.17) is 0 Å². The van der Waals surface area contributed by atoms with Crippen molar-refractivity contribution in [1.82, 2.24) is 29.1 Å². The van der Waals surface area contributed by atoms with Gasteiger partial charge in [0.15, 0.2) is 0 Å². The highest BCUT2D eigenvalue weighted by Gasteiger charge is 2.19. The van der Waals surface area contributed by atoms with Crippen LogP contribution in [0.3, 0.4) is 0 Å². The summed E-state index contributed by atoms with van der Waals surface area (Å²) in [5, 5.41) is 8.07.